The van der Waals surface area contributed by atoms with Gasteiger partial charge in [-0.1, -0.05) is 0 Å². The summed E-state index contributed by atoms with van der Waals surface area (Å²) in [6.07, 6.45) is 1.64. The minimum atomic E-state index is -0.479. The number of guanidine groups is 1. The van der Waals surface area contributed by atoms with Crippen molar-refractivity contribution in [3.63, 3.8) is 0 Å². The van der Waals surface area contributed by atoms with E-state index < -0.39 is 11.6 Å². The van der Waals surface area contributed by atoms with Crippen LogP contribution in [0.3, 0.4) is 0 Å². The molecule has 0 aromatic heterocycles. The van der Waals surface area contributed by atoms with Gasteiger partial charge in [-0.15, -0.1) is 24.0 Å². The van der Waals surface area contributed by atoms with Crippen molar-refractivity contribution in [2.75, 3.05) is 20.2 Å². The highest BCUT2D eigenvalue weighted by atomic mass is 127. The summed E-state index contributed by atoms with van der Waals surface area (Å²) >= 11 is 0. The molecule has 0 heterocycles. The minimum absolute atomic E-state index is 0. The van der Waals surface area contributed by atoms with E-state index in [1.54, 1.807) is 19.2 Å². The van der Waals surface area contributed by atoms with E-state index in [9.17, 15) is 13.2 Å². The molecule has 0 saturated heterocycles. The second kappa shape index (κ2) is 12.4. The second-order valence-corrected chi connectivity index (χ2v) is 5.60. The summed E-state index contributed by atoms with van der Waals surface area (Å²) in [6.45, 7) is 1.31. The number of benzene rings is 2. The van der Waals surface area contributed by atoms with Crippen molar-refractivity contribution in [1.82, 2.24) is 10.6 Å². The topological polar surface area (TPSA) is 45.7 Å². The molecule has 0 atom stereocenters. The van der Waals surface area contributed by atoms with Gasteiger partial charge in [-0.25, -0.2) is 13.2 Å². The lowest BCUT2D eigenvalue weighted by Crippen LogP contribution is -2.37. The van der Waals surface area contributed by atoms with Crippen molar-refractivity contribution in [2.24, 2.45) is 4.99 Å². The zero-order valence-corrected chi connectivity index (χ0v) is 17.3. The number of rotatable bonds is 8. The van der Waals surface area contributed by atoms with Gasteiger partial charge in [-0.2, -0.15) is 0 Å². The molecular weight excluding hydrogens is 470 g/mol. The van der Waals surface area contributed by atoms with Crippen LogP contribution in [-0.2, 0) is 6.54 Å². The Morgan fingerprint density at radius 3 is 2.37 bits per heavy atom. The Morgan fingerprint density at radius 1 is 0.963 bits per heavy atom. The quantitative estimate of drug-likeness (QED) is 0.250. The summed E-state index contributed by atoms with van der Waals surface area (Å²) in [5.74, 6) is -0.0970. The molecule has 2 aromatic rings. The molecule has 2 rings (SSSR count). The normalized spacial score (nSPS) is 10.9. The molecule has 0 saturated carbocycles. The van der Waals surface area contributed by atoms with Crippen LogP contribution in [-0.4, -0.2) is 26.2 Å². The van der Waals surface area contributed by atoms with E-state index >= 15 is 0 Å². The number of hydrogen-bond acceptors (Lipinski definition) is 2. The third kappa shape index (κ3) is 8.51. The van der Waals surface area contributed by atoms with Crippen molar-refractivity contribution in [3.05, 3.63) is 65.5 Å². The molecule has 4 nitrogen and oxygen atoms in total. The fourth-order valence-electron chi connectivity index (χ4n) is 2.23. The van der Waals surface area contributed by atoms with Gasteiger partial charge in [-0.05, 0) is 55.3 Å². The first-order chi connectivity index (χ1) is 12.6. The Kier molecular flexibility index (Phi) is 10.6. The molecule has 0 fully saturated rings. The summed E-state index contributed by atoms with van der Waals surface area (Å²) < 4.78 is 45.0. The van der Waals surface area contributed by atoms with E-state index in [-0.39, 0.29) is 41.9 Å². The van der Waals surface area contributed by atoms with Gasteiger partial charge < -0.3 is 15.4 Å². The number of nitrogens with zero attached hydrogens (tertiary/aromatic N) is 1. The predicted octanol–water partition coefficient (Wildman–Crippen LogP) is 4.25. The molecule has 0 unspecified atom stereocenters. The molecule has 0 aliphatic rings. The molecule has 0 aliphatic heterocycles. The number of hydrogen-bond donors (Lipinski definition) is 2. The Hall–Kier alpha value is -1.97. The first-order valence-corrected chi connectivity index (χ1v) is 8.35. The van der Waals surface area contributed by atoms with Crippen molar-refractivity contribution in [2.45, 2.75) is 19.4 Å². The third-order valence-electron chi connectivity index (χ3n) is 3.62. The predicted molar refractivity (Wildman–Crippen MR) is 111 cm³/mol. The Balaban J connectivity index is 0.00000364. The van der Waals surface area contributed by atoms with Crippen LogP contribution in [0.4, 0.5) is 13.2 Å². The first-order valence-electron chi connectivity index (χ1n) is 8.35. The second-order valence-electron chi connectivity index (χ2n) is 5.60. The maximum Gasteiger partial charge on any atom is 0.191 e. The van der Waals surface area contributed by atoms with Gasteiger partial charge in [-0.3, -0.25) is 4.99 Å². The summed E-state index contributed by atoms with van der Waals surface area (Å²) in [7, 11) is 1.61. The van der Waals surface area contributed by atoms with E-state index in [0.29, 0.717) is 24.9 Å². The fourth-order valence-corrected chi connectivity index (χ4v) is 2.23. The SMILES string of the molecule is CN=C(NCCCCOc1ccc(F)cc1)NCc1cc(F)ccc1F.I. The maximum absolute atomic E-state index is 13.6. The highest BCUT2D eigenvalue weighted by Crippen LogP contribution is 2.11. The van der Waals surface area contributed by atoms with Crippen LogP contribution in [0.25, 0.3) is 0 Å². The van der Waals surface area contributed by atoms with Crippen LogP contribution in [0.15, 0.2) is 47.5 Å². The van der Waals surface area contributed by atoms with Gasteiger partial charge >= 0.3 is 0 Å². The lowest BCUT2D eigenvalue weighted by atomic mass is 10.2. The van der Waals surface area contributed by atoms with Crippen LogP contribution in [0.2, 0.25) is 0 Å². The lowest BCUT2D eigenvalue weighted by Gasteiger charge is -2.12. The van der Waals surface area contributed by atoms with Crippen LogP contribution >= 0.6 is 24.0 Å². The van der Waals surface area contributed by atoms with Crippen molar-refractivity contribution in [1.29, 1.82) is 0 Å². The molecule has 8 heteroatoms. The molecule has 0 bridgehead atoms. The zero-order chi connectivity index (χ0) is 18.8. The first kappa shape index (κ1) is 23.1. The zero-order valence-electron chi connectivity index (χ0n) is 15.0. The van der Waals surface area contributed by atoms with E-state index in [2.05, 4.69) is 15.6 Å². The van der Waals surface area contributed by atoms with Gasteiger partial charge in [0.25, 0.3) is 0 Å². The average Bonchev–Trinajstić information content (AvgIpc) is 2.64. The Labute approximate surface area is 174 Å². The van der Waals surface area contributed by atoms with E-state index in [1.807, 2.05) is 0 Å². The number of ether oxygens (including phenoxy) is 1. The summed E-state index contributed by atoms with van der Waals surface area (Å²) in [5, 5.41) is 6.04. The van der Waals surface area contributed by atoms with Gasteiger partial charge in [0.15, 0.2) is 5.96 Å². The monoisotopic (exact) mass is 493 g/mol. The Bertz CT molecular complexity index is 727. The van der Waals surface area contributed by atoms with Gasteiger partial charge in [0.1, 0.15) is 23.2 Å². The minimum Gasteiger partial charge on any atom is -0.494 e. The number of halogens is 4. The highest BCUT2D eigenvalue weighted by Gasteiger charge is 2.05. The molecule has 2 N–H and O–H groups in total. The molecule has 148 valence electrons. The standard InChI is InChI=1S/C19H22F3N3O.HI/c1-23-19(25-13-14-12-16(21)6-9-18(14)22)24-10-2-3-11-26-17-7-4-15(20)5-8-17;/h4-9,12H,2-3,10-11,13H2,1H3,(H2,23,24,25);1H. The maximum atomic E-state index is 13.6. The van der Waals surface area contributed by atoms with E-state index in [4.69, 9.17) is 4.74 Å². The number of unbranched alkanes of at least 4 members (excludes halogenated alkanes) is 1. The molecule has 0 spiro atoms. The Morgan fingerprint density at radius 2 is 1.67 bits per heavy atom. The van der Waals surface area contributed by atoms with Crippen molar-refractivity contribution < 1.29 is 17.9 Å². The highest BCUT2D eigenvalue weighted by molar-refractivity contribution is 14.0. The van der Waals surface area contributed by atoms with Crippen LogP contribution in [0, 0.1) is 17.5 Å². The molecule has 27 heavy (non-hydrogen) atoms. The smallest absolute Gasteiger partial charge is 0.191 e. The summed E-state index contributed by atoms with van der Waals surface area (Å²) in [6, 6.07) is 9.23. The van der Waals surface area contributed by atoms with Crippen LogP contribution in [0.5, 0.6) is 5.75 Å². The molecule has 0 radical (unpaired) electrons. The van der Waals surface area contributed by atoms with Gasteiger partial charge in [0.05, 0.1) is 6.61 Å². The fraction of sp³-hybridized carbons (Fsp3) is 0.316. The van der Waals surface area contributed by atoms with Gasteiger partial charge in [0, 0.05) is 25.7 Å². The molecule has 0 amide bonds. The van der Waals surface area contributed by atoms with Gasteiger partial charge in [0.2, 0.25) is 0 Å². The van der Waals surface area contributed by atoms with E-state index in [1.165, 1.54) is 12.1 Å². The average molecular weight is 493 g/mol. The van der Waals surface area contributed by atoms with E-state index in [0.717, 1.165) is 31.0 Å². The molecule has 0 aliphatic carbocycles. The van der Waals surface area contributed by atoms with Crippen molar-refractivity contribution >= 4 is 29.9 Å². The lowest BCUT2D eigenvalue weighted by molar-refractivity contribution is 0.306. The largest absolute Gasteiger partial charge is 0.494 e. The molecule has 2 aromatic carbocycles. The van der Waals surface area contributed by atoms with Crippen LogP contribution < -0.4 is 15.4 Å². The summed E-state index contributed by atoms with van der Waals surface area (Å²) in [4.78, 5) is 4.04. The number of nitrogens with one attached hydrogen (secondary N) is 2. The van der Waals surface area contributed by atoms with Crippen LogP contribution in [0.1, 0.15) is 18.4 Å². The van der Waals surface area contributed by atoms with Crippen molar-refractivity contribution in [3.8, 4) is 5.75 Å². The summed E-state index contributed by atoms with van der Waals surface area (Å²) in [5.41, 5.74) is 0.237. The molecular formula is C19H23F3IN3O. The number of aliphatic imine (C=N–C) groups is 1. The third-order valence-corrected chi connectivity index (χ3v) is 3.62.